The van der Waals surface area contributed by atoms with Gasteiger partial charge < -0.3 is 5.32 Å². The molecule has 31 heavy (non-hydrogen) atoms. The van der Waals surface area contributed by atoms with Gasteiger partial charge in [-0.25, -0.2) is 8.42 Å². The molecule has 162 valence electrons. The van der Waals surface area contributed by atoms with Crippen molar-refractivity contribution in [2.75, 3.05) is 22.4 Å². The second-order valence-electron chi connectivity index (χ2n) is 7.18. The SMILES string of the molecule is CCN(c1ccc(C(=O)Nc2ccc(CSc3ccccc3)cc2C)cc1)S(C)(=O)=O. The molecule has 1 amide bonds. The molecule has 0 aliphatic rings. The Hall–Kier alpha value is -2.77. The van der Waals surface area contributed by atoms with Crippen molar-refractivity contribution >= 4 is 39.1 Å². The summed E-state index contributed by atoms with van der Waals surface area (Å²) in [7, 11) is -3.35. The van der Waals surface area contributed by atoms with Crippen LogP contribution in [0.3, 0.4) is 0 Å². The van der Waals surface area contributed by atoms with Gasteiger partial charge in [-0.3, -0.25) is 9.10 Å². The number of hydrogen-bond acceptors (Lipinski definition) is 4. The second-order valence-corrected chi connectivity index (χ2v) is 10.1. The van der Waals surface area contributed by atoms with E-state index < -0.39 is 10.0 Å². The molecule has 3 aromatic rings. The number of anilines is 2. The van der Waals surface area contributed by atoms with Crippen LogP contribution in [-0.4, -0.2) is 27.1 Å². The summed E-state index contributed by atoms with van der Waals surface area (Å²) in [6, 6.07) is 22.8. The Bertz CT molecular complexity index is 1150. The molecule has 0 aliphatic carbocycles. The molecule has 0 aliphatic heterocycles. The minimum Gasteiger partial charge on any atom is -0.322 e. The third-order valence-electron chi connectivity index (χ3n) is 4.79. The zero-order valence-corrected chi connectivity index (χ0v) is 19.5. The Balaban J connectivity index is 1.66. The van der Waals surface area contributed by atoms with E-state index in [-0.39, 0.29) is 5.91 Å². The molecule has 0 spiro atoms. The van der Waals surface area contributed by atoms with E-state index in [1.807, 2.05) is 37.3 Å². The molecule has 0 atom stereocenters. The molecule has 0 fully saturated rings. The largest absolute Gasteiger partial charge is 0.322 e. The summed E-state index contributed by atoms with van der Waals surface area (Å²) >= 11 is 1.77. The first-order chi connectivity index (χ1) is 14.8. The van der Waals surface area contributed by atoms with Gasteiger partial charge >= 0.3 is 0 Å². The lowest BCUT2D eigenvalue weighted by atomic mass is 10.1. The first-order valence-electron chi connectivity index (χ1n) is 9.94. The summed E-state index contributed by atoms with van der Waals surface area (Å²) in [5.41, 5.74) is 3.95. The van der Waals surface area contributed by atoms with E-state index in [9.17, 15) is 13.2 Å². The maximum Gasteiger partial charge on any atom is 0.255 e. The number of aryl methyl sites for hydroxylation is 1. The molecule has 5 nitrogen and oxygen atoms in total. The molecule has 3 aromatic carbocycles. The van der Waals surface area contributed by atoms with Gasteiger partial charge in [-0.2, -0.15) is 0 Å². The fourth-order valence-electron chi connectivity index (χ4n) is 3.22. The number of thioether (sulfide) groups is 1. The van der Waals surface area contributed by atoms with Gasteiger partial charge in [0, 0.05) is 28.4 Å². The monoisotopic (exact) mass is 454 g/mol. The summed E-state index contributed by atoms with van der Waals surface area (Å²) in [5, 5.41) is 2.94. The Morgan fingerprint density at radius 2 is 1.68 bits per heavy atom. The average Bonchev–Trinajstić information content (AvgIpc) is 2.74. The zero-order chi connectivity index (χ0) is 22.4. The van der Waals surface area contributed by atoms with Crippen molar-refractivity contribution in [3.63, 3.8) is 0 Å². The lowest BCUT2D eigenvalue weighted by Crippen LogP contribution is -2.29. The number of sulfonamides is 1. The van der Waals surface area contributed by atoms with Crippen molar-refractivity contribution in [1.29, 1.82) is 0 Å². The van der Waals surface area contributed by atoms with Gasteiger partial charge in [-0.15, -0.1) is 11.8 Å². The molecule has 0 saturated carbocycles. The molecule has 0 aromatic heterocycles. The van der Waals surface area contributed by atoms with Crippen LogP contribution in [0, 0.1) is 6.92 Å². The molecule has 0 saturated heterocycles. The molecule has 0 unspecified atom stereocenters. The number of amides is 1. The van der Waals surface area contributed by atoms with Gasteiger partial charge in [0.05, 0.1) is 11.9 Å². The topological polar surface area (TPSA) is 66.5 Å². The smallest absolute Gasteiger partial charge is 0.255 e. The highest BCUT2D eigenvalue weighted by molar-refractivity contribution is 7.98. The van der Waals surface area contributed by atoms with Crippen LogP contribution in [0.5, 0.6) is 0 Å². The Morgan fingerprint density at radius 3 is 2.26 bits per heavy atom. The van der Waals surface area contributed by atoms with Crippen molar-refractivity contribution in [3.8, 4) is 0 Å². The molecule has 0 bridgehead atoms. The minimum atomic E-state index is -3.35. The summed E-state index contributed by atoms with van der Waals surface area (Å²) in [6.07, 6.45) is 1.17. The predicted octanol–water partition coefficient (Wildman–Crippen LogP) is 5.33. The van der Waals surface area contributed by atoms with Crippen LogP contribution in [-0.2, 0) is 15.8 Å². The lowest BCUT2D eigenvalue weighted by Gasteiger charge is -2.20. The number of hydrogen-bond donors (Lipinski definition) is 1. The van der Waals surface area contributed by atoms with Gasteiger partial charge in [-0.1, -0.05) is 30.3 Å². The normalized spacial score (nSPS) is 11.2. The van der Waals surface area contributed by atoms with E-state index in [0.29, 0.717) is 17.8 Å². The van der Waals surface area contributed by atoms with Crippen molar-refractivity contribution in [2.45, 2.75) is 24.5 Å². The average molecular weight is 455 g/mol. The van der Waals surface area contributed by atoms with Crippen LogP contribution in [0.2, 0.25) is 0 Å². The Kier molecular flexibility index (Phi) is 7.41. The summed E-state index contributed by atoms with van der Waals surface area (Å²) in [6.45, 7) is 4.07. The molecule has 0 heterocycles. The van der Waals surface area contributed by atoms with Crippen LogP contribution < -0.4 is 9.62 Å². The van der Waals surface area contributed by atoms with E-state index >= 15 is 0 Å². The van der Waals surface area contributed by atoms with Crippen molar-refractivity contribution in [2.24, 2.45) is 0 Å². The third-order valence-corrected chi connectivity index (χ3v) is 7.15. The quantitative estimate of drug-likeness (QED) is 0.468. The van der Waals surface area contributed by atoms with Gasteiger partial charge in [0.2, 0.25) is 10.0 Å². The number of nitrogens with zero attached hydrogens (tertiary/aromatic N) is 1. The molecule has 1 N–H and O–H groups in total. The van der Waals surface area contributed by atoms with Gasteiger partial charge in [0.1, 0.15) is 0 Å². The number of benzene rings is 3. The fourth-order valence-corrected chi connectivity index (χ4v) is 5.06. The summed E-state index contributed by atoms with van der Waals surface area (Å²) in [4.78, 5) is 13.9. The Morgan fingerprint density at radius 1 is 1.00 bits per heavy atom. The van der Waals surface area contributed by atoms with Gasteiger partial charge in [0.25, 0.3) is 5.91 Å². The third kappa shape index (κ3) is 6.12. The van der Waals surface area contributed by atoms with Gasteiger partial charge in [-0.05, 0) is 67.4 Å². The minimum absolute atomic E-state index is 0.233. The first kappa shape index (κ1) is 22.9. The van der Waals surface area contributed by atoms with Crippen LogP contribution >= 0.6 is 11.8 Å². The Labute approximate surface area is 188 Å². The number of nitrogens with one attached hydrogen (secondary N) is 1. The van der Waals surface area contributed by atoms with Gasteiger partial charge in [0.15, 0.2) is 0 Å². The maximum atomic E-state index is 12.7. The van der Waals surface area contributed by atoms with Crippen LogP contribution in [0.1, 0.15) is 28.4 Å². The highest BCUT2D eigenvalue weighted by Crippen LogP contribution is 2.25. The number of carbonyl (C=O) groups is 1. The lowest BCUT2D eigenvalue weighted by molar-refractivity contribution is 0.102. The number of carbonyl (C=O) groups excluding carboxylic acids is 1. The zero-order valence-electron chi connectivity index (χ0n) is 17.8. The number of rotatable bonds is 8. The highest BCUT2D eigenvalue weighted by atomic mass is 32.2. The molecule has 3 rings (SSSR count). The van der Waals surface area contributed by atoms with E-state index in [0.717, 1.165) is 17.0 Å². The summed E-state index contributed by atoms with van der Waals surface area (Å²) < 4.78 is 25.0. The van der Waals surface area contributed by atoms with E-state index in [1.54, 1.807) is 43.0 Å². The molecule has 7 heteroatoms. The van der Waals surface area contributed by atoms with Crippen molar-refractivity contribution < 1.29 is 13.2 Å². The second kappa shape index (κ2) is 10.0. The first-order valence-corrected chi connectivity index (χ1v) is 12.8. The van der Waals surface area contributed by atoms with E-state index in [4.69, 9.17) is 0 Å². The van der Waals surface area contributed by atoms with Crippen molar-refractivity contribution in [3.05, 3.63) is 89.5 Å². The standard InChI is InChI=1S/C24H26N2O3S2/c1-4-26(31(3,28)29)21-13-11-20(12-14-21)24(27)25-23-15-10-19(16-18(23)2)17-30-22-8-6-5-7-9-22/h5-16H,4,17H2,1-3H3,(H,25,27). The van der Waals surface area contributed by atoms with Crippen LogP contribution in [0.15, 0.2) is 77.7 Å². The molecular formula is C24H26N2O3S2. The maximum absolute atomic E-state index is 12.7. The predicted molar refractivity (Wildman–Crippen MR) is 129 cm³/mol. The fraction of sp³-hybridized carbons (Fsp3) is 0.208. The van der Waals surface area contributed by atoms with Crippen LogP contribution in [0.25, 0.3) is 0 Å². The molecular weight excluding hydrogens is 428 g/mol. The van der Waals surface area contributed by atoms with Crippen molar-refractivity contribution in [1.82, 2.24) is 0 Å². The van der Waals surface area contributed by atoms with E-state index in [1.165, 1.54) is 21.0 Å². The van der Waals surface area contributed by atoms with Crippen LogP contribution in [0.4, 0.5) is 11.4 Å². The summed E-state index contributed by atoms with van der Waals surface area (Å²) in [5.74, 6) is 0.623. The highest BCUT2D eigenvalue weighted by Gasteiger charge is 2.16. The molecule has 0 radical (unpaired) electrons. The van der Waals surface area contributed by atoms with E-state index in [2.05, 4.69) is 23.5 Å².